The van der Waals surface area contributed by atoms with Gasteiger partial charge in [-0.15, -0.1) is 0 Å². The van der Waals surface area contributed by atoms with Crippen LogP contribution in [0, 0.1) is 18.8 Å². The van der Waals surface area contributed by atoms with Crippen molar-refractivity contribution < 1.29 is 4.74 Å². The second kappa shape index (κ2) is 9.00. The molecule has 1 aliphatic heterocycles. The number of hydrogen-bond acceptors (Lipinski definition) is 5. The molecule has 0 amide bonds. The van der Waals surface area contributed by atoms with Crippen molar-refractivity contribution in [2.24, 2.45) is 16.8 Å². The molecule has 2 atom stereocenters. The largest absolute Gasteiger partial charge is 0.491 e. The summed E-state index contributed by atoms with van der Waals surface area (Å²) in [6.07, 6.45) is 7.52. The van der Waals surface area contributed by atoms with E-state index in [2.05, 4.69) is 58.0 Å². The highest BCUT2D eigenvalue weighted by Gasteiger charge is 2.27. The van der Waals surface area contributed by atoms with Crippen molar-refractivity contribution in [1.29, 1.82) is 0 Å². The fraction of sp³-hybridized carbons (Fsp3) is 0.444. The second-order valence-electron chi connectivity index (χ2n) is 9.53. The molecule has 0 saturated heterocycles. The van der Waals surface area contributed by atoms with Gasteiger partial charge in [-0.05, 0) is 74.3 Å². The lowest BCUT2D eigenvalue weighted by molar-refractivity contribution is 0.254. The maximum atomic E-state index is 6.16. The maximum absolute atomic E-state index is 6.16. The van der Waals surface area contributed by atoms with Crippen molar-refractivity contribution in [3.8, 4) is 16.9 Å². The number of imidazole rings is 1. The van der Waals surface area contributed by atoms with Gasteiger partial charge in [0.25, 0.3) is 0 Å². The van der Waals surface area contributed by atoms with E-state index in [0.717, 1.165) is 59.2 Å². The van der Waals surface area contributed by atoms with Crippen LogP contribution in [0.15, 0.2) is 46.8 Å². The van der Waals surface area contributed by atoms with Crippen LogP contribution < -0.4 is 4.74 Å². The molecule has 2 unspecified atom stereocenters. The van der Waals surface area contributed by atoms with Crippen molar-refractivity contribution in [2.75, 3.05) is 13.2 Å². The summed E-state index contributed by atoms with van der Waals surface area (Å²) in [6, 6.07) is 8.58. The maximum Gasteiger partial charge on any atom is 0.177 e. The molecule has 6 nitrogen and oxygen atoms in total. The lowest BCUT2D eigenvalue weighted by Crippen LogP contribution is -2.28. The molecule has 2 aliphatic rings. The minimum Gasteiger partial charge on any atom is -0.491 e. The van der Waals surface area contributed by atoms with E-state index >= 15 is 0 Å². The van der Waals surface area contributed by atoms with Crippen LogP contribution in [0.1, 0.15) is 51.4 Å². The van der Waals surface area contributed by atoms with E-state index in [9.17, 15) is 0 Å². The van der Waals surface area contributed by atoms with Crippen LogP contribution in [-0.2, 0) is 6.54 Å². The molecule has 33 heavy (non-hydrogen) atoms. The normalized spacial score (nSPS) is 22.8. The third kappa shape index (κ3) is 4.39. The summed E-state index contributed by atoms with van der Waals surface area (Å²) >= 11 is 0. The molecule has 0 spiro atoms. The Morgan fingerprint density at radius 2 is 2.09 bits per heavy atom. The SMILES string of the molecule is C/C=N\C(=C1\CC(C)CCC1C)N1CCOc2ccc(-c3cnc4nc(C)[nH]c4c3)cc2C1. The topological polar surface area (TPSA) is 66.4 Å². The molecule has 172 valence electrons. The molecule has 6 heteroatoms. The lowest BCUT2D eigenvalue weighted by atomic mass is 9.79. The van der Waals surface area contributed by atoms with Gasteiger partial charge in [0, 0.05) is 30.1 Å². The van der Waals surface area contributed by atoms with Gasteiger partial charge >= 0.3 is 0 Å². The van der Waals surface area contributed by atoms with E-state index in [1.807, 2.05) is 26.3 Å². The summed E-state index contributed by atoms with van der Waals surface area (Å²) in [5.74, 6) is 4.28. The van der Waals surface area contributed by atoms with Gasteiger partial charge in [-0.3, -0.25) is 0 Å². The predicted octanol–water partition coefficient (Wildman–Crippen LogP) is 5.89. The number of hydrogen-bond donors (Lipinski definition) is 1. The fourth-order valence-electron chi connectivity index (χ4n) is 5.12. The summed E-state index contributed by atoms with van der Waals surface area (Å²) in [4.78, 5) is 19.6. The van der Waals surface area contributed by atoms with Gasteiger partial charge in [-0.1, -0.05) is 19.9 Å². The number of aromatic nitrogens is 3. The van der Waals surface area contributed by atoms with E-state index in [-0.39, 0.29) is 0 Å². The number of nitrogens with one attached hydrogen (secondary N) is 1. The quantitative estimate of drug-likeness (QED) is 0.513. The highest BCUT2D eigenvalue weighted by molar-refractivity contribution is 5.78. The van der Waals surface area contributed by atoms with Gasteiger partial charge < -0.3 is 14.6 Å². The smallest absolute Gasteiger partial charge is 0.177 e. The molecule has 1 aliphatic carbocycles. The van der Waals surface area contributed by atoms with Gasteiger partial charge in [0.2, 0.25) is 0 Å². The Bertz CT molecular complexity index is 1220. The molecule has 3 aromatic rings. The minimum atomic E-state index is 0.575. The number of nitrogens with zero attached hydrogens (tertiary/aromatic N) is 4. The van der Waals surface area contributed by atoms with E-state index < -0.39 is 0 Å². The number of fused-ring (bicyclic) bond motifs is 2. The Morgan fingerprint density at radius 3 is 2.94 bits per heavy atom. The number of aromatic amines is 1. The predicted molar refractivity (Wildman–Crippen MR) is 133 cm³/mol. The lowest BCUT2D eigenvalue weighted by Gasteiger charge is -2.32. The fourth-order valence-corrected chi connectivity index (χ4v) is 5.12. The molecule has 5 rings (SSSR count). The number of aryl methyl sites for hydroxylation is 1. The van der Waals surface area contributed by atoms with Gasteiger partial charge in [-0.25, -0.2) is 15.0 Å². The van der Waals surface area contributed by atoms with E-state index in [0.29, 0.717) is 18.4 Å². The zero-order valence-corrected chi connectivity index (χ0v) is 20.1. The molecule has 1 saturated carbocycles. The van der Waals surface area contributed by atoms with Crippen LogP contribution >= 0.6 is 0 Å². The molecule has 3 heterocycles. The van der Waals surface area contributed by atoms with Crippen molar-refractivity contribution in [3.63, 3.8) is 0 Å². The monoisotopic (exact) mass is 443 g/mol. The van der Waals surface area contributed by atoms with Gasteiger partial charge in [-0.2, -0.15) is 0 Å². The highest BCUT2D eigenvalue weighted by atomic mass is 16.5. The zero-order chi connectivity index (χ0) is 22.9. The molecule has 0 bridgehead atoms. The van der Waals surface area contributed by atoms with E-state index in [1.165, 1.54) is 24.0 Å². The first kappa shape index (κ1) is 21.7. The minimum absolute atomic E-state index is 0.575. The average molecular weight is 444 g/mol. The standard InChI is InChI=1S/C27H33N5O/c1-5-28-27(23-12-17(2)6-7-18(23)3)32-10-11-33-25-9-8-20(13-22(25)16-32)21-14-24-26(29-15-21)31-19(4)30-24/h5,8-9,13-15,17-18H,6-7,10-12,16H2,1-4H3,(H,29,30,31)/b27-23+,28-5-. The van der Waals surface area contributed by atoms with Crippen LogP contribution in [-0.4, -0.2) is 39.2 Å². The Labute approximate surface area is 195 Å². The molecular formula is C27H33N5O. The van der Waals surface area contributed by atoms with Crippen molar-refractivity contribution in [3.05, 3.63) is 53.2 Å². The van der Waals surface area contributed by atoms with Crippen molar-refractivity contribution in [2.45, 2.75) is 53.5 Å². The van der Waals surface area contributed by atoms with Crippen LogP contribution in [0.4, 0.5) is 0 Å². The first-order valence-electron chi connectivity index (χ1n) is 12.1. The molecule has 1 N–H and O–H groups in total. The van der Waals surface area contributed by atoms with Crippen molar-refractivity contribution >= 4 is 17.4 Å². The third-order valence-electron chi connectivity index (χ3n) is 6.92. The number of pyridine rings is 1. The Balaban J connectivity index is 1.50. The molecule has 2 aromatic heterocycles. The number of H-pyrrole nitrogens is 1. The molecule has 0 radical (unpaired) electrons. The summed E-state index contributed by atoms with van der Waals surface area (Å²) in [6.45, 7) is 11.0. The van der Waals surface area contributed by atoms with E-state index in [4.69, 9.17) is 9.73 Å². The highest BCUT2D eigenvalue weighted by Crippen LogP contribution is 2.38. The Kier molecular flexibility index (Phi) is 5.92. The van der Waals surface area contributed by atoms with Crippen LogP contribution in [0.3, 0.4) is 0 Å². The van der Waals surface area contributed by atoms with Crippen LogP contribution in [0.5, 0.6) is 5.75 Å². The van der Waals surface area contributed by atoms with Crippen LogP contribution in [0.2, 0.25) is 0 Å². The summed E-state index contributed by atoms with van der Waals surface area (Å²) in [7, 11) is 0. The number of allylic oxidation sites excluding steroid dienone is 1. The Hall–Kier alpha value is -3.15. The molecular weight excluding hydrogens is 410 g/mol. The van der Waals surface area contributed by atoms with Gasteiger partial charge in [0.1, 0.15) is 24.0 Å². The molecule has 1 fully saturated rings. The zero-order valence-electron chi connectivity index (χ0n) is 20.1. The average Bonchev–Trinajstić information content (AvgIpc) is 3.05. The van der Waals surface area contributed by atoms with Crippen LogP contribution in [0.25, 0.3) is 22.3 Å². The third-order valence-corrected chi connectivity index (χ3v) is 6.92. The summed E-state index contributed by atoms with van der Waals surface area (Å²) < 4.78 is 6.16. The summed E-state index contributed by atoms with van der Waals surface area (Å²) in [5.41, 5.74) is 6.61. The van der Waals surface area contributed by atoms with Gasteiger partial charge in [0.05, 0.1) is 12.1 Å². The number of benzene rings is 1. The number of rotatable bonds is 3. The first-order valence-corrected chi connectivity index (χ1v) is 12.1. The van der Waals surface area contributed by atoms with E-state index in [1.54, 1.807) is 0 Å². The number of aliphatic imine (C=N–C) groups is 1. The Morgan fingerprint density at radius 1 is 1.21 bits per heavy atom. The first-order chi connectivity index (χ1) is 16.0. The number of ether oxygens (including phenoxy) is 1. The van der Waals surface area contributed by atoms with Gasteiger partial charge in [0.15, 0.2) is 5.65 Å². The summed E-state index contributed by atoms with van der Waals surface area (Å²) in [5, 5.41) is 0. The second-order valence-corrected chi connectivity index (χ2v) is 9.53. The molecule has 1 aromatic carbocycles. The van der Waals surface area contributed by atoms with Crippen molar-refractivity contribution in [1.82, 2.24) is 19.9 Å².